The number of esters is 1. The van der Waals surface area contributed by atoms with E-state index in [4.69, 9.17) is 20.8 Å². The quantitative estimate of drug-likeness (QED) is 0.294. The highest BCUT2D eigenvalue weighted by Gasteiger charge is 2.15. The molecule has 1 N–H and O–H groups in total. The monoisotopic (exact) mass is 411 g/mol. The van der Waals surface area contributed by atoms with E-state index in [1.54, 1.807) is 56.3 Å². The van der Waals surface area contributed by atoms with Gasteiger partial charge < -0.3 is 14.5 Å². The van der Waals surface area contributed by atoms with Gasteiger partial charge in [-0.25, -0.2) is 9.59 Å². The molecular formula is C22H18ClNO5. The van der Waals surface area contributed by atoms with E-state index in [9.17, 15) is 14.4 Å². The van der Waals surface area contributed by atoms with Gasteiger partial charge in [-0.1, -0.05) is 29.8 Å². The number of fused-ring (bicyclic) bond motifs is 1. The lowest BCUT2D eigenvalue weighted by atomic mass is 10.1. The van der Waals surface area contributed by atoms with Crippen molar-refractivity contribution in [3.8, 4) is 5.75 Å². The number of carbonyl (C=O) groups is 2. The van der Waals surface area contributed by atoms with E-state index in [0.717, 1.165) is 0 Å². The van der Waals surface area contributed by atoms with Crippen molar-refractivity contribution >= 4 is 40.5 Å². The predicted molar refractivity (Wildman–Crippen MR) is 111 cm³/mol. The van der Waals surface area contributed by atoms with Crippen molar-refractivity contribution in [1.82, 2.24) is 5.32 Å². The molecule has 2 aromatic carbocycles. The van der Waals surface area contributed by atoms with Crippen molar-refractivity contribution in [3.63, 3.8) is 0 Å². The Morgan fingerprint density at radius 2 is 1.90 bits per heavy atom. The molecule has 0 fully saturated rings. The molecule has 1 aromatic heterocycles. The first kappa shape index (κ1) is 20.4. The zero-order chi connectivity index (χ0) is 21.0. The summed E-state index contributed by atoms with van der Waals surface area (Å²) in [4.78, 5) is 36.3. The van der Waals surface area contributed by atoms with Gasteiger partial charge in [-0.3, -0.25) is 4.79 Å². The number of hydrogen-bond acceptors (Lipinski definition) is 5. The standard InChI is InChI=1S/C22H18ClNO5/c1-13(2)24-21(26)17-11-15-7-9-16(12-19(15)29-22(17)27)28-20(25)10-8-14-5-3-4-6-18(14)23/h3-13H,1-2H3,(H,24,26)/b10-8+. The summed E-state index contributed by atoms with van der Waals surface area (Å²) >= 11 is 6.04. The predicted octanol–water partition coefficient (Wildman–Crippen LogP) is 4.20. The molecule has 0 unspecified atom stereocenters. The van der Waals surface area contributed by atoms with Crippen LogP contribution < -0.4 is 15.7 Å². The summed E-state index contributed by atoms with van der Waals surface area (Å²) in [5.74, 6) is -0.913. The Morgan fingerprint density at radius 3 is 2.62 bits per heavy atom. The lowest BCUT2D eigenvalue weighted by molar-refractivity contribution is -0.128. The van der Waals surface area contributed by atoms with Crippen LogP contribution in [0.1, 0.15) is 29.8 Å². The number of nitrogens with one attached hydrogen (secondary N) is 1. The Morgan fingerprint density at radius 1 is 1.14 bits per heavy atom. The van der Waals surface area contributed by atoms with Crippen LogP contribution in [0.25, 0.3) is 17.0 Å². The van der Waals surface area contributed by atoms with E-state index in [2.05, 4.69) is 5.32 Å². The van der Waals surface area contributed by atoms with Crippen molar-refractivity contribution in [2.75, 3.05) is 0 Å². The second-order valence-corrected chi connectivity index (χ2v) is 6.96. The molecule has 29 heavy (non-hydrogen) atoms. The van der Waals surface area contributed by atoms with Gasteiger partial charge in [0.25, 0.3) is 5.91 Å². The van der Waals surface area contributed by atoms with E-state index in [-0.39, 0.29) is 22.9 Å². The number of rotatable bonds is 5. The van der Waals surface area contributed by atoms with E-state index in [1.165, 1.54) is 18.2 Å². The Balaban J connectivity index is 1.79. The van der Waals surface area contributed by atoms with Crippen LogP contribution in [0, 0.1) is 0 Å². The van der Waals surface area contributed by atoms with Gasteiger partial charge in [0, 0.05) is 28.6 Å². The summed E-state index contributed by atoms with van der Waals surface area (Å²) in [6.45, 7) is 3.59. The summed E-state index contributed by atoms with van der Waals surface area (Å²) in [5.41, 5.74) is 0.0377. The van der Waals surface area contributed by atoms with E-state index < -0.39 is 17.5 Å². The second-order valence-electron chi connectivity index (χ2n) is 6.55. The molecule has 0 spiro atoms. The van der Waals surface area contributed by atoms with Crippen molar-refractivity contribution in [2.24, 2.45) is 0 Å². The number of carbonyl (C=O) groups excluding carboxylic acids is 2. The van der Waals surface area contributed by atoms with Gasteiger partial charge in [0.05, 0.1) is 0 Å². The molecular weight excluding hydrogens is 394 g/mol. The summed E-state index contributed by atoms with van der Waals surface area (Å²) in [6, 6.07) is 13.0. The maximum atomic E-state index is 12.1. The van der Waals surface area contributed by atoms with Crippen molar-refractivity contribution in [3.05, 3.63) is 81.2 Å². The number of halogens is 1. The van der Waals surface area contributed by atoms with E-state index >= 15 is 0 Å². The highest BCUT2D eigenvalue weighted by molar-refractivity contribution is 6.32. The number of hydrogen-bond donors (Lipinski definition) is 1. The molecule has 0 radical (unpaired) electrons. The van der Waals surface area contributed by atoms with Crippen LogP contribution >= 0.6 is 11.6 Å². The van der Waals surface area contributed by atoms with Crippen LogP contribution in [0.2, 0.25) is 5.02 Å². The van der Waals surface area contributed by atoms with Crippen LogP contribution in [0.4, 0.5) is 0 Å². The molecule has 148 valence electrons. The highest BCUT2D eigenvalue weighted by atomic mass is 35.5. The molecule has 3 aromatic rings. The maximum Gasteiger partial charge on any atom is 0.349 e. The fourth-order valence-corrected chi connectivity index (χ4v) is 2.77. The van der Waals surface area contributed by atoms with Gasteiger partial charge in [-0.05, 0) is 49.8 Å². The van der Waals surface area contributed by atoms with Crippen LogP contribution in [-0.2, 0) is 4.79 Å². The minimum absolute atomic E-state index is 0.0846. The fraction of sp³-hybridized carbons (Fsp3) is 0.136. The molecule has 0 aliphatic rings. The lowest BCUT2D eigenvalue weighted by Gasteiger charge is -2.08. The Bertz CT molecular complexity index is 1160. The SMILES string of the molecule is CC(C)NC(=O)c1cc2ccc(OC(=O)/C=C/c3ccccc3Cl)cc2oc1=O. The molecule has 1 amide bonds. The average molecular weight is 412 g/mol. The largest absolute Gasteiger partial charge is 0.423 e. The summed E-state index contributed by atoms with van der Waals surface area (Å²) in [7, 11) is 0. The van der Waals surface area contributed by atoms with Gasteiger partial charge in [-0.15, -0.1) is 0 Å². The van der Waals surface area contributed by atoms with Crippen LogP contribution in [0.15, 0.2) is 63.8 Å². The Kier molecular flexibility index (Phi) is 6.14. The molecule has 0 saturated carbocycles. The van der Waals surface area contributed by atoms with Crippen LogP contribution in [-0.4, -0.2) is 17.9 Å². The van der Waals surface area contributed by atoms with E-state index in [0.29, 0.717) is 16.0 Å². The minimum Gasteiger partial charge on any atom is -0.423 e. The molecule has 0 aliphatic carbocycles. The van der Waals surface area contributed by atoms with E-state index in [1.807, 2.05) is 0 Å². The molecule has 6 nitrogen and oxygen atoms in total. The maximum absolute atomic E-state index is 12.1. The fourth-order valence-electron chi connectivity index (χ4n) is 2.57. The molecule has 3 rings (SSSR count). The zero-order valence-electron chi connectivity index (χ0n) is 15.8. The second kappa shape index (κ2) is 8.75. The Labute approximate surface area is 171 Å². The summed E-state index contributed by atoms with van der Waals surface area (Å²) in [5, 5.41) is 3.70. The van der Waals surface area contributed by atoms with Gasteiger partial charge >= 0.3 is 11.6 Å². The minimum atomic E-state index is -0.766. The third-order valence-corrected chi connectivity index (χ3v) is 4.24. The van der Waals surface area contributed by atoms with Gasteiger partial charge in [0.15, 0.2) is 0 Å². The van der Waals surface area contributed by atoms with Crippen LogP contribution in [0.5, 0.6) is 5.75 Å². The highest BCUT2D eigenvalue weighted by Crippen LogP contribution is 2.21. The average Bonchev–Trinajstić information content (AvgIpc) is 2.66. The molecule has 1 heterocycles. The third-order valence-electron chi connectivity index (χ3n) is 3.89. The van der Waals surface area contributed by atoms with Crippen LogP contribution in [0.3, 0.4) is 0 Å². The molecule has 0 bridgehead atoms. The summed E-state index contributed by atoms with van der Waals surface area (Å²) < 4.78 is 10.5. The lowest BCUT2D eigenvalue weighted by Crippen LogP contribution is -2.33. The number of ether oxygens (including phenoxy) is 1. The van der Waals surface area contributed by atoms with Crippen molar-refractivity contribution in [2.45, 2.75) is 19.9 Å². The van der Waals surface area contributed by atoms with Gasteiger partial charge in [0.1, 0.15) is 16.9 Å². The van der Waals surface area contributed by atoms with Gasteiger partial charge in [-0.2, -0.15) is 0 Å². The smallest absolute Gasteiger partial charge is 0.349 e. The molecule has 0 saturated heterocycles. The molecule has 7 heteroatoms. The molecule has 0 aliphatic heterocycles. The Hall–Kier alpha value is -3.38. The van der Waals surface area contributed by atoms with Gasteiger partial charge in [0.2, 0.25) is 0 Å². The van der Waals surface area contributed by atoms with Crippen molar-refractivity contribution in [1.29, 1.82) is 0 Å². The first-order valence-electron chi connectivity index (χ1n) is 8.86. The number of benzene rings is 2. The molecule has 0 atom stereocenters. The summed E-state index contributed by atoms with van der Waals surface area (Å²) in [6.07, 6.45) is 2.80. The van der Waals surface area contributed by atoms with Crippen molar-refractivity contribution < 1.29 is 18.7 Å². The number of amides is 1. The topological polar surface area (TPSA) is 85.6 Å². The first-order chi connectivity index (χ1) is 13.8. The first-order valence-corrected chi connectivity index (χ1v) is 9.24. The normalized spacial score (nSPS) is 11.2. The zero-order valence-corrected chi connectivity index (χ0v) is 16.5. The third kappa shape index (κ3) is 5.12.